The average Bonchev–Trinajstić information content (AvgIpc) is 2.64. The van der Waals surface area contributed by atoms with E-state index in [-0.39, 0.29) is 0 Å². The summed E-state index contributed by atoms with van der Waals surface area (Å²) in [7, 11) is 0. The molecule has 0 atom stereocenters. The van der Waals surface area contributed by atoms with Crippen LogP contribution in [0.25, 0.3) is 10.9 Å². The molecular formula is C10H14N4. The third-order valence-electron chi connectivity index (χ3n) is 2.73. The maximum atomic E-state index is 6.02. The van der Waals surface area contributed by atoms with Gasteiger partial charge in [-0.15, -0.1) is 0 Å². The molecule has 0 saturated carbocycles. The van der Waals surface area contributed by atoms with Gasteiger partial charge in [0, 0.05) is 11.1 Å². The van der Waals surface area contributed by atoms with Gasteiger partial charge in [-0.3, -0.25) is 5.10 Å². The van der Waals surface area contributed by atoms with E-state index < -0.39 is 0 Å². The summed E-state index contributed by atoms with van der Waals surface area (Å²) in [5.74, 6) is 0. The molecule has 74 valence electrons. The summed E-state index contributed by atoms with van der Waals surface area (Å²) < 4.78 is 0. The number of H-pyrrole nitrogens is 1. The van der Waals surface area contributed by atoms with Crippen LogP contribution in [0, 0.1) is 6.92 Å². The van der Waals surface area contributed by atoms with Crippen LogP contribution in [0.4, 0.5) is 11.4 Å². The van der Waals surface area contributed by atoms with Gasteiger partial charge in [-0.2, -0.15) is 5.10 Å². The molecule has 14 heavy (non-hydrogen) atoms. The summed E-state index contributed by atoms with van der Waals surface area (Å²) in [6.07, 6.45) is 2.60. The molecule has 0 bridgehead atoms. The number of aromatic nitrogens is 2. The van der Waals surface area contributed by atoms with Gasteiger partial charge >= 0.3 is 0 Å². The van der Waals surface area contributed by atoms with Crippen LogP contribution in [0.5, 0.6) is 0 Å². The van der Waals surface area contributed by atoms with Crippen LogP contribution in [0.3, 0.4) is 0 Å². The molecule has 0 aliphatic heterocycles. The van der Waals surface area contributed by atoms with Crippen molar-refractivity contribution < 1.29 is 0 Å². The van der Waals surface area contributed by atoms with Crippen LogP contribution in [0.15, 0.2) is 6.20 Å². The largest absolute Gasteiger partial charge is 0.398 e. The number of nitrogens with one attached hydrogen (secondary N) is 1. The standard InChI is InChI=1S/C10H14N4/c1-3-6-5(2)8(11)7-4-13-14-10(7)9(6)12/h4H,3,11-12H2,1-2H3,(H,13,14). The van der Waals surface area contributed by atoms with Gasteiger partial charge in [-0.05, 0) is 24.5 Å². The highest BCUT2D eigenvalue weighted by Crippen LogP contribution is 2.32. The van der Waals surface area contributed by atoms with Gasteiger partial charge in [0.15, 0.2) is 0 Å². The van der Waals surface area contributed by atoms with Crippen molar-refractivity contribution in [1.29, 1.82) is 0 Å². The first-order valence-corrected chi connectivity index (χ1v) is 4.66. The van der Waals surface area contributed by atoms with Crippen molar-refractivity contribution in [3.63, 3.8) is 0 Å². The van der Waals surface area contributed by atoms with Crippen molar-refractivity contribution in [1.82, 2.24) is 10.2 Å². The Morgan fingerprint density at radius 1 is 1.36 bits per heavy atom. The van der Waals surface area contributed by atoms with E-state index in [4.69, 9.17) is 11.5 Å². The zero-order valence-corrected chi connectivity index (χ0v) is 8.39. The summed E-state index contributed by atoms with van der Waals surface area (Å²) in [4.78, 5) is 0. The van der Waals surface area contributed by atoms with Gasteiger partial charge in [-0.25, -0.2) is 0 Å². The number of aromatic amines is 1. The molecule has 0 unspecified atom stereocenters. The Kier molecular flexibility index (Phi) is 1.84. The SMILES string of the molecule is CCc1c(C)c(N)c2cn[nH]c2c1N. The van der Waals surface area contributed by atoms with E-state index in [0.717, 1.165) is 39.8 Å². The number of fused-ring (bicyclic) bond motifs is 1. The highest BCUT2D eigenvalue weighted by atomic mass is 15.1. The van der Waals surface area contributed by atoms with Crippen LogP contribution in [0.2, 0.25) is 0 Å². The Bertz CT molecular complexity index is 484. The molecule has 5 N–H and O–H groups in total. The van der Waals surface area contributed by atoms with Gasteiger partial charge in [0.1, 0.15) is 0 Å². The second kappa shape index (κ2) is 2.90. The number of hydrogen-bond donors (Lipinski definition) is 3. The molecule has 1 aromatic carbocycles. The van der Waals surface area contributed by atoms with E-state index in [9.17, 15) is 0 Å². The molecule has 0 fully saturated rings. The van der Waals surface area contributed by atoms with Crippen LogP contribution >= 0.6 is 0 Å². The maximum Gasteiger partial charge on any atom is 0.0903 e. The highest BCUT2D eigenvalue weighted by molar-refractivity contribution is 6.00. The van der Waals surface area contributed by atoms with Crippen LogP contribution in [-0.4, -0.2) is 10.2 Å². The maximum absolute atomic E-state index is 6.02. The molecule has 1 heterocycles. The van der Waals surface area contributed by atoms with Gasteiger partial charge in [-0.1, -0.05) is 6.92 Å². The summed E-state index contributed by atoms with van der Waals surface area (Å²) >= 11 is 0. The van der Waals surface area contributed by atoms with E-state index in [1.165, 1.54) is 0 Å². The molecule has 2 aromatic rings. The second-order valence-corrected chi connectivity index (χ2v) is 3.44. The van der Waals surface area contributed by atoms with Crippen molar-refractivity contribution >= 4 is 22.3 Å². The van der Waals surface area contributed by atoms with E-state index in [0.29, 0.717) is 0 Å². The summed E-state index contributed by atoms with van der Waals surface area (Å²) in [6.45, 7) is 4.07. The Hall–Kier alpha value is -1.71. The monoisotopic (exact) mass is 190 g/mol. The number of nitrogens with zero attached hydrogens (tertiary/aromatic N) is 1. The van der Waals surface area contributed by atoms with Crippen molar-refractivity contribution in [3.05, 3.63) is 17.3 Å². The molecule has 0 saturated heterocycles. The molecule has 2 rings (SSSR count). The number of rotatable bonds is 1. The van der Waals surface area contributed by atoms with Gasteiger partial charge in [0.2, 0.25) is 0 Å². The number of anilines is 2. The van der Waals surface area contributed by atoms with Crippen LogP contribution < -0.4 is 11.5 Å². The Morgan fingerprint density at radius 2 is 2.07 bits per heavy atom. The van der Waals surface area contributed by atoms with E-state index in [2.05, 4.69) is 17.1 Å². The topological polar surface area (TPSA) is 80.7 Å². The van der Waals surface area contributed by atoms with Crippen molar-refractivity contribution in [3.8, 4) is 0 Å². The van der Waals surface area contributed by atoms with Crippen LogP contribution in [0.1, 0.15) is 18.1 Å². The first-order chi connectivity index (χ1) is 6.66. The molecule has 4 heteroatoms. The van der Waals surface area contributed by atoms with E-state index in [1.807, 2.05) is 6.92 Å². The minimum Gasteiger partial charge on any atom is -0.398 e. The first-order valence-electron chi connectivity index (χ1n) is 4.66. The number of hydrogen-bond acceptors (Lipinski definition) is 3. The zero-order valence-electron chi connectivity index (χ0n) is 8.39. The van der Waals surface area contributed by atoms with E-state index >= 15 is 0 Å². The minimum atomic E-state index is 0.770. The van der Waals surface area contributed by atoms with Crippen molar-refractivity contribution in [2.75, 3.05) is 11.5 Å². The molecule has 0 aliphatic carbocycles. The van der Waals surface area contributed by atoms with E-state index in [1.54, 1.807) is 6.20 Å². The van der Waals surface area contributed by atoms with Crippen LogP contribution in [-0.2, 0) is 6.42 Å². The molecule has 0 radical (unpaired) electrons. The Labute approximate surface area is 82.3 Å². The Balaban J connectivity index is 2.94. The second-order valence-electron chi connectivity index (χ2n) is 3.44. The molecule has 0 spiro atoms. The predicted molar refractivity (Wildman–Crippen MR) is 59.0 cm³/mol. The lowest BCUT2D eigenvalue weighted by Gasteiger charge is -2.11. The normalized spacial score (nSPS) is 11.0. The number of benzene rings is 1. The van der Waals surface area contributed by atoms with Crippen molar-refractivity contribution in [2.24, 2.45) is 0 Å². The predicted octanol–water partition coefficient (Wildman–Crippen LogP) is 1.60. The lowest BCUT2D eigenvalue weighted by Crippen LogP contribution is -2.01. The summed E-state index contributed by atoms with van der Waals surface area (Å²) in [5.41, 5.74) is 16.6. The minimum absolute atomic E-state index is 0.770. The van der Waals surface area contributed by atoms with Crippen molar-refractivity contribution in [2.45, 2.75) is 20.3 Å². The number of nitrogen functional groups attached to an aromatic ring is 2. The van der Waals surface area contributed by atoms with Gasteiger partial charge in [0.05, 0.1) is 17.4 Å². The summed E-state index contributed by atoms with van der Waals surface area (Å²) in [5, 5.41) is 7.74. The molecule has 1 aromatic heterocycles. The third kappa shape index (κ3) is 0.968. The average molecular weight is 190 g/mol. The molecular weight excluding hydrogens is 176 g/mol. The Morgan fingerprint density at radius 3 is 2.71 bits per heavy atom. The third-order valence-corrected chi connectivity index (χ3v) is 2.73. The molecule has 4 nitrogen and oxygen atoms in total. The summed E-state index contributed by atoms with van der Waals surface area (Å²) in [6, 6.07) is 0. The molecule has 0 amide bonds. The quantitative estimate of drug-likeness (QED) is 0.597. The number of nitrogens with two attached hydrogens (primary N) is 2. The molecule has 0 aliphatic rings. The fourth-order valence-electron chi connectivity index (χ4n) is 1.87. The highest BCUT2D eigenvalue weighted by Gasteiger charge is 2.12. The first kappa shape index (κ1) is 8.87. The lowest BCUT2D eigenvalue weighted by atomic mass is 9.99. The fourth-order valence-corrected chi connectivity index (χ4v) is 1.87. The van der Waals surface area contributed by atoms with Gasteiger partial charge < -0.3 is 11.5 Å². The lowest BCUT2D eigenvalue weighted by molar-refractivity contribution is 1.10. The van der Waals surface area contributed by atoms with Gasteiger partial charge in [0.25, 0.3) is 0 Å². The zero-order chi connectivity index (χ0) is 10.3. The smallest absolute Gasteiger partial charge is 0.0903 e. The fraction of sp³-hybridized carbons (Fsp3) is 0.300.